The van der Waals surface area contributed by atoms with Gasteiger partial charge in [-0.25, -0.2) is 0 Å². The van der Waals surface area contributed by atoms with Gasteiger partial charge in [-0.1, -0.05) is 36.4 Å². The van der Waals surface area contributed by atoms with Crippen molar-refractivity contribution in [1.29, 1.82) is 0 Å². The third kappa shape index (κ3) is 4.74. The fourth-order valence-electron chi connectivity index (χ4n) is 2.10. The van der Waals surface area contributed by atoms with Crippen molar-refractivity contribution < 1.29 is 14.3 Å². The second kappa shape index (κ2) is 7.98. The number of ether oxygens (including phenoxy) is 1. The highest BCUT2D eigenvalue weighted by atomic mass is 16.5. The molecule has 0 saturated heterocycles. The number of carbonyl (C=O) groups excluding carboxylic acids is 2. The number of rotatable bonds is 7. The summed E-state index contributed by atoms with van der Waals surface area (Å²) in [6.45, 7) is 0. The van der Waals surface area contributed by atoms with Crippen molar-refractivity contribution in [3.05, 3.63) is 60.2 Å². The minimum atomic E-state index is -0.103. The zero-order chi connectivity index (χ0) is 15.8. The Morgan fingerprint density at radius 2 is 1.77 bits per heavy atom. The number of methoxy groups -OCH3 is 1. The van der Waals surface area contributed by atoms with Gasteiger partial charge in [0.2, 0.25) is 5.91 Å². The van der Waals surface area contributed by atoms with E-state index in [2.05, 4.69) is 5.32 Å². The van der Waals surface area contributed by atoms with E-state index in [1.54, 1.807) is 31.4 Å². The largest absolute Gasteiger partial charge is 0.497 e. The molecular formula is C18H19NO3. The summed E-state index contributed by atoms with van der Waals surface area (Å²) in [7, 11) is 1.58. The Kier molecular flexibility index (Phi) is 5.72. The second-order valence-electron chi connectivity index (χ2n) is 4.92. The van der Waals surface area contributed by atoms with Crippen molar-refractivity contribution in [2.45, 2.75) is 19.3 Å². The van der Waals surface area contributed by atoms with Crippen molar-refractivity contribution in [2.24, 2.45) is 0 Å². The molecule has 0 heterocycles. The van der Waals surface area contributed by atoms with E-state index >= 15 is 0 Å². The lowest BCUT2D eigenvalue weighted by Crippen LogP contribution is -2.12. The van der Waals surface area contributed by atoms with Gasteiger partial charge < -0.3 is 10.1 Å². The monoisotopic (exact) mass is 297 g/mol. The van der Waals surface area contributed by atoms with Crippen LogP contribution in [0.2, 0.25) is 0 Å². The Hall–Kier alpha value is -2.62. The standard InChI is InChI=1S/C18H19NO3/c1-22-16-10-5-9-15(13-16)19-18(21)12-6-11-17(20)14-7-3-2-4-8-14/h2-5,7-10,13H,6,11-12H2,1H3,(H,19,21). The molecule has 22 heavy (non-hydrogen) atoms. The van der Waals surface area contributed by atoms with Crippen LogP contribution >= 0.6 is 0 Å². The van der Waals surface area contributed by atoms with Crippen molar-refractivity contribution >= 4 is 17.4 Å². The molecule has 0 radical (unpaired) electrons. The van der Waals surface area contributed by atoms with Gasteiger partial charge in [-0.2, -0.15) is 0 Å². The first-order valence-corrected chi connectivity index (χ1v) is 7.21. The minimum absolute atomic E-state index is 0.0646. The molecule has 114 valence electrons. The Labute approximate surface area is 130 Å². The van der Waals surface area contributed by atoms with Crippen LogP contribution in [0.3, 0.4) is 0 Å². The van der Waals surface area contributed by atoms with E-state index in [0.29, 0.717) is 36.3 Å². The molecule has 0 aliphatic heterocycles. The normalized spacial score (nSPS) is 10.0. The van der Waals surface area contributed by atoms with Crippen LogP contribution in [0.25, 0.3) is 0 Å². The molecule has 1 N–H and O–H groups in total. The molecule has 0 bridgehead atoms. The first-order valence-electron chi connectivity index (χ1n) is 7.21. The average Bonchev–Trinajstić information content (AvgIpc) is 2.55. The average molecular weight is 297 g/mol. The lowest BCUT2D eigenvalue weighted by molar-refractivity contribution is -0.116. The number of anilines is 1. The maximum atomic E-state index is 11.9. The fraction of sp³-hybridized carbons (Fsp3) is 0.222. The van der Waals surface area contributed by atoms with Gasteiger partial charge in [0.05, 0.1) is 7.11 Å². The summed E-state index contributed by atoms with van der Waals surface area (Å²) in [6, 6.07) is 16.3. The van der Waals surface area contributed by atoms with Crippen LogP contribution in [0.5, 0.6) is 5.75 Å². The Balaban J connectivity index is 1.77. The summed E-state index contributed by atoms with van der Waals surface area (Å²) >= 11 is 0. The zero-order valence-electron chi connectivity index (χ0n) is 12.5. The topological polar surface area (TPSA) is 55.4 Å². The summed E-state index contributed by atoms with van der Waals surface area (Å²) in [4.78, 5) is 23.8. The highest BCUT2D eigenvalue weighted by molar-refractivity contribution is 5.96. The van der Waals surface area contributed by atoms with E-state index in [1.165, 1.54) is 0 Å². The van der Waals surface area contributed by atoms with Crippen molar-refractivity contribution in [1.82, 2.24) is 0 Å². The Bertz CT molecular complexity index is 638. The van der Waals surface area contributed by atoms with E-state index in [0.717, 1.165) is 0 Å². The maximum Gasteiger partial charge on any atom is 0.224 e. The van der Waals surface area contributed by atoms with Crippen LogP contribution in [0, 0.1) is 0 Å². The van der Waals surface area contributed by atoms with Crippen molar-refractivity contribution in [3.8, 4) is 5.75 Å². The molecule has 0 atom stereocenters. The van der Waals surface area contributed by atoms with Crippen LogP contribution in [0.1, 0.15) is 29.6 Å². The summed E-state index contributed by atoms with van der Waals surface area (Å²) < 4.78 is 5.10. The lowest BCUT2D eigenvalue weighted by atomic mass is 10.1. The van der Waals surface area contributed by atoms with Gasteiger partial charge in [0.1, 0.15) is 5.75 Å². The fourth-order valence-corrected chi connectivity index (χ4v) is 2.10. The quantitative estimate of drug-likeness (QED) is 0.793. The van der Waals surface area contributed by atoms with E-state index in [4.69, 9.17) is 4.74 Å². The third-order valence-corrected chi connectivity index (χ3v) is 3.26. The molecule has 0 aliphatic carbocycles. The van der Waals surface area contributed by atoms with Gasteiger partial charge in [0, 0.05) is 30.2 Å². The van der Waals surface area contributed by atoms with E-state index in [-0.39, 0.29) is 11.7 Å². The molecule has 0 saturated carbocycles. The number of benzene rings is 2. The van der Waals surface area contributed by atoms with Crippen molar-refractivity contribution in [3.63, 3.8) is 0 Å². The first kappa shape index (κ1) is 15.8. The molecule has 2 aromatic carbocycles. The van der Waals surface area contributed by atoms with E-state index in [9.17, 15) is 9.59 Å². The molecule has 0 fully saturated rings. The van der Waals surface area contributed by atoms with E-state index < -0.39 is 0 Å². The summed E-state index contributed by atoms with van der Waals surface area (Å²) in [6.07, 6.45) is 1.22. The summed E-state index contributed by atoms with van der Waals surface area (Å²) in [5.41, 5.74) is 1.38. The van der Waals surface area contributed by atoms with Gasteiger partial charge in [0.25, 0.3) is 0 Å². The number of hydrogen-bond acceptors (Lipinski definition) is 3. The number of carbonyl (C=O) groups is 2. The van der Waals surface area contributed by atoms with Crippen LogP contribution in [-0.2, 0) is 4.79 Å². The van der Waals surface area contributed by atoms with Gasteiger partial charge in [-0.15, -0.1) is 0 Å². The van der Waals surface area contributed by atoms with Crippen LogP contribution < -0.4 is 10.1 Å². The van der Waals surface area contributed by atoms with Crippen LogP contribution in [0.4, 0.5) is 5.69 Å². The molecule has 0 aromatic heterocycles. The van der Waals surface area contributed by atoms with Gasteiger partial charge in [-0.05, 0) is 18.6 Å². The number of nitrogens with one attached hydrogen (secondary N) is 1. The number of Topliss-reactive ketones (excluding diaryl/α,β-unsaturated/α-hetero) is 1. The number of hydrogen-bond donors (Lipinski definition) is 1. The molecule has 0 spiro atoms. The summed E-state index contributed by atoms with van der Waals surface area (Å²) in [5.74, 6) is 0.654. The number of amides is 1. The molecule has 0 unspecified atom stereocenters. The van der Waals surface area contributed by atoms with Crippen LogP contribution in [0.15, 0.2) is 54.6 Å². The molecular weight excluding hydrogens is 278 g/mol. The third-order valence-electron chi connectivity index (χ3n) is 3.26. The Morgan fingerprint density at radius 1 is 1.00 bits per heavy atom. The zero-order valence-corrected chi connectivity index (χ0v) is 12.5. The highest BCUT2D eigenvalue weighted by Crippen LogP contribution is 2.17. The van der Waals surface area contributed by atoms with Gasteiger partial charge >= 0.3 is 0 Å². The van der Waals surface area contributed by atoms with Crippen LogP contribution in [-0.4, -0.2) is 18.8 Å². The highest BCUT2D eigenvalue weighted by Gasteiger charge is 2.08. The molecule has 2 aromatic rings. The predicted octanol–water partition coefficient (Wildman–Crippen LogP) is 3.69. The molecule has 4 nitrogen and oxygen atoms in total. The Morgan fingerprint density at radius 3 is 2.50 bits per heavy atom. The molecule has 1 amide bonds. The molecule has 0 aliphatic rings. The molecule has 4 heteroatoms. The first-order chi connectivity index (χ1) is 10.7. The number of ketones is 1. The second-order valence-corrected chi connectivity index (χ2v) is 4.92. The maximum absolute atomic E-state index is 11.9. The lowest BCUT2D eigenvalue weighted by Gasteiger charge is -2.07. The smallest absolute Gasteiger partial charge is 0.224 e. The van der Waals surface area contributed by atoms with Gasteiger partial charge in [-0.3, -0.25) is 9.59 Å². The van der Waals surface area contributed by atoms with Crippen molar-refractivity contribution in [2.75, 3.05) is 12.4 Å². The SMILES string of the molecule is COc1cccc(NC(=O)CCCC(=O)c2ccccc2)c1. The van der Waals surface area contributed by atoms with E-state index in [1.807, 2.05) is 30.3 Å². The van der Waals surface area contributed by atoms with Gasteiger partial charge in [0.15, 0.2) is 5.78 Å². The molecule has 2 rings (SSSR count). The minimum Gasteiger partial charge on any atom is -0.497 e. The summed E-state index contributed by atoms with van der Waals surface area (Å²) in [5, 5.41) is 2.80. The predicted molar refractivity (Wildman–Crippen MR) is 86.2 cm³/mol.